The third-order valence-electron chi connectivity index (χ3n) is 1.30. The highest BCUT2D eigenvalue weighted by atomic mass is 16.7. The second-order valence-electron chi connectivity index (χ2n) is 2.59. The number of hydrogen-bond acceptors (Lipinski definition) is 5. The van der Waals surface area contributed by atoms with E-state index in [1.165, 1.54) is 6.92 Å². The van der Waals surface area contributed by atoms with Gasteiger partial charge in [0.25, 0.3) is 6.47 Å². The number of carbonyl (C=O) groups is 2. The van der Waals surface area contributed by atoms with Crippen molar-refractivity contribution < 1.29 is 19.2 Å². The zero-order valence-corrected chi connectivity index (χ0v) is 8.06. The topological polar surface area (TPSA) is 91.0 Å². The maximum Gasteiger partial charge on any atom is 0.332 e. The highest BCUT2D eigenvalue weighted by Gasteiger charge is 1.96. The van der Waals surface area contributed by atoms with Crippen molar-refractivity contribution in [2.24, 2.45) is 10.9 Å². The van der Waals surface area contributed by atoms with Crippen LogP contribution >= 0.6 is 0 Å². The molecular weight excluding hydrogens is 188 g/mol. The summed E-state index contributed by atoms with van der Waals surface area (Å²) in [5.41, 5.74) is 5.40. The predicted molar refractivity (Wildman–Crippen MR) is 49.3 cm³/mol. The molecule has 6 nitrogen and oxygen atoms in total. The lowest BCUT2D eigenvalue weighted by molar-refractivity contribution is -0.141. The summed E-state index contributed by atoms with van der Waals surface area (Å²) in [6.45, 7) is 2.01. The van der Waals surface area contributed by atoms with Crippen molar-refractivity contribution >= 4 is 18.3 Å². The van der Waals surface area contributed by atoms with Crippen LogP contribution in [0.15, 0.2) is 5.16 Å². The number of hydrogen-bond donors (Lipinski definition) is 1. The summed E-state index contributed by atoms with van der Waals surface area (Å²) >= 11 is 0. The van der Waals surface area contributed by atoms with E-state index in [-0.39, 0.29) is 5.84 Å². The molecule has 0 unspecified atom stereocenters. The summed E-state index contributed by atoms with van der Waals surface area (Å²) < 4.78 is 4.47. The van der Waals surface area contributed by atoms with E-state index in [9.17, 15) is 9.59 Å². The molecule has 2 N–H and O–H groups in total. The van der Waals surface area contributed by atoms with Crippen LogP contribution in [0.1, 0.15) is 26.2 Å². The Labute approximate surface area is 82.0 Å². The Balaban J connectivity index is 3.42. The van der Waals surface area contributed by atoms with E-state index < -0.39 is 5.97 Å². The molecule has 0 atom stereocenters. The molecule has 0 fully saturated rings. The molecular formula is C8H14N2O4. The van der Waals surface area contributed by atoms with E-state index in [0.717, 1.165) is 6.42 Å². The van der Waals surface area contributed by atoms with Gasteiger partial charge in [-0.1, -0.05) is 5.16 Å². The van der Waals surface area contributed by atoms with Crippen molar-refractivity contribution in [3.8, 4) is 0 Å². The zero-order valence-electron chi connectivity index (χ0n) is 8.06. The van der Waals surface area contributed by atoms with Gasteiger partial charge in [-0.25, -0.2) is 4.79 Å². The van der Waals surface area contributed by atoms with Gasteiger partial charge in [-0.3, -0.25) is 4.79 Å². The number of unbranched alkanes of at least 4 members (excludes halogenated alkanes) is 1. The van der Waals surface area contributed by atoms with Gasteiger partial charge in [-0.15, -0.1) is 0 Å². The normalized spacial score (nSPS) is 10.8. The van der Waals surface area contributed by atoms with Gasteiger partial charge in [-0.05, 0) is 12.8 Å². The van der Waals surface area contributed by atoms with E-state index in [0.29, 0.717) is 25.9 Å². The molecule has 0 bridgehead atoms. The monoisotopic (exact) mass is 202 g/mol. The molecule has 0 amide bonds. The average molecular weight is 202 g/mol. The van der Waals surface area contributed by atoms with E-state index in [1.54, 1.807) is 0 Å². The standard InChI is InChI=1S/C8H14N2O4/c1-7(12)14-10-8(9)4-2-3-5-13-6-11/h6H,2-5H2,1H3,(H2,9,10). The highest BCUT2D eigenvalue weighted by molar-refractivity contribution is 5.80. The van der Waals surface area contributed by atoms with Crippen molar-refractivity contribution in [3.63, 3.8) is 0 Å². The maximum atomic E-state index is 10.3. The lowest BCUT2D eigenvalue weighted by atomic mass is 10.2. The molecule has 80 valence electrons. The second kappa shape index (κ2) is 8.03. The fourth-order valence-corrected chi connectivity index (χ4v) is 0.708. The molecule has 0 saturated heterocycles. The molecule has 0 radical (unpaired) electrons. The van der Waals surface area contributed by atoms with Crippen LogP contribution in [0.3, 0.4) is 0 Å². The van der Waals surface area contributed by atoms with Gasteiger partial charge in [-0.2, -0.15) is 0 Å². The number of rotatable bonds is 7. The summed E-state index contributed by atoms with van der Waals surface area (Å²) in [6, 6.07) is 0. The van der Waals surface area contributed by atoms with Gasteiger partial charge in [0.1, 0.15) is 5.84 Å². The Hall–Kier alpha value is -1.59. The minimum atomic E-state index is -0.503. The summed E-state index contributed by atoms with van der Waals surface area (Å²) in [5, 5.41) is 3.38. The highest BCUT2D eigenvalue weighted by Crippen LogP contribution is 1.95. The van der Waals surface area contributed by atoms with E-state index >= 15 is 0 Å². The van der Waals surface area contributed by atoms with Crippen LogP contribution in [0.4, 0.5) is 0 Å². The summed E-state index contributed by atoms with van der Waals surface area (Å²) in [5.74, 6) is -0.247. The van der Waals surface area contributed by atoms with Crippen LogP contribution in [0.25, 0.3) is 0 Å². The first-order chi connectivity index (χ1) is 6.66. The van der Waals surface area contributed by atoms with Crippen LogP contribution < -0.4 is 5.73 Å². The number of nitrogens with two attached hydrogens (primary N) is 1. The number of carbonyl (C=O) groups excluding carboxylic acids is 2. The Kier molecular flexibility index (Phi) is 7.12. The lowest BCUT2D eigenvalue weighted by Gasteiger charge is -1.99. The van der Waals surface area contributed by atoms with Crippen molar-refractivity contribution in [3.05, 3.63) is 0 Å². The largest absolute Gasteiger partial charge is 0.468 e. The number of amidine groups is 1. The zero-order chi connectivity index (χ0) is 10.8. The van der Waals surface area contributed by atoms with E-state index in [1.807, 2.05) is 0 Å². The first-order valence-corrected chi connectivity index (χ1v) is 4.22. The van der Waals surface area contributed by atoms with Gasteiger partial charge < -0.3 is 15.3 Å². The SMILES string of the molecule is CC(=O)ON=C(N)CCCCOC=O. The molecule has 0 aromatic carbocycles. The number of oxime groups is 1. The molecule has 14 heavy (non-hydrogen) atoms. The van der Waals surface area contributed by atoms with Crippen molar-refractivity contribution in [1.29, 1.82) is 0 Å². The molecule has 6 heteroatoms. The van der Waals surface area contributed by atoms with Crippen LogP contribution in [-0.4, -0.2) is 24.9 Å². The first-order valence-electron chi connectivity index (χ1n) is 4.22. The Morgan fingerprint density at radius 1 is 1.50 bits per heavy atom. The van der Waals surface area contributed by atoms with Gasteiger partial charge >= 0.3 is 5.97 Å². The van der Waals surface area contributed by atoms with Crippen molar-refractivity contribution in [2.75, 3.05) is 6.61 Å². The number of ether oxygens (including phenoxy) is 1. The van der Waals surface area contributed by atoms with Crippen molar-refractivity contribution in [1.82, 2.24) is 0 Å². The van der Waals surface area contributed by atoms with E-state index in [4.69, 9.17) is 5.73 Å². The van der Waals surface area contributed by atoms with Gasteiger partial charge in [0.2, 0.25) is 0 Å². The molecule has 0 aliphatic carbocycles. The van der Waals surface area contributed by atoms with Gasteiger partial charge in [0, 0.05) is 13.3 Å². The molecule has 0 spiro atoms. The molecule has 0 aliphatic rings. The van der Waals surface area contributed by atoms with Crippen molar-refractivity contribution in [2.45, 2.75) is 26.2 Å². The van der Waals surface area contributed by atoms with Gasteiger partial charge in [0.15, 0.2) is 0 Å². The Morgan fingerprint density at radius 3 is 2.79 bits per heavy atom. The fourth-order valence-electron chi connectivity index (χ4n) is 0.708. The number of nitrogens with zero attached hydrogens (tertiary/aromatic N) is 1. The third-order valence-corrected chi connectivity index (χ3v) is 1.30. The molecule has 0 saturated carbocycles. The fraction of sp³-hybridized carbons (Fsp3) is 0.625. The van der Waals surface area contributed by atoms with Gasteiger partial charge in [0.05, 0.1) is 6.61 Å². The first kappa shape index (κ1) is 12.4. The smallest absolute Gasteiger partial charge is 0.332 e. The Bertz CT molecular complexity index is 215. The molecule has 0 aliphatic heterocycles. The molecule has 0 rings (SSSR count). The maximum absolute atomic E-state index is 10.3. The lowest BCUT2D eigenvalue weighted by Crippen LogP contribution is -2.13. The van der Waals surface area contributed by atoms with Crippen LogP contribution in [-0.2, 0) is 19.2 Å². The Morgan fingerprint density at radius 2 is 2.21 bits per heavy atom. The summed E-state index contributed by atoms with van der Waals surface area (Å²) in [7, 11) is 0. The molecule has 0 heterocycles. The molecule has 0 aromatic rings. The summed E-state index contributed by atoms with van der Waals surface area (Å²) in [6.07, 6.45) is 1.94. The minimum Gasteiger partial charge on any atom is -0.468 e. The minimum absolute atomic E-state index is 0.256. The quantitative estimate of drug-likeness (QED) is 0.159. The van der Waals surface area contributed by atoms with Crippen LogP contribution in [0.2, 0.25) is 0 Å². The summed E-state index contributed by atoms with van der Waals surface area (Å²) in [4.78, 5) is 24.4. The third kappa shape index (κ3) is 8.51. The second-order valence-corrected chi connectivity index (χ2v) is 2.59. The predicted octanol–water partition coefficient (Wildman–Crippen LogP) is 0.165. The van der Waals surface area contributed by atoms with Crippen LogP contribution in [0.5, 0.6) is 0 Å². The average Bonchev–Trinajstić information content (AvgIpc) is 2.14. The van der Waals surface area contributed by atoms with Crippen LogP contribution in [0, 0.1) is 0 Å². The van der Waals surface area contributed by atoms with E-state index in [2.05, 4.69) is 14.7 Å². The molecule has 0 aromatic heterocycles.